The Morgan fingerprint density at radius 3 is 2.55 bits per heavy atom. The van der Waals surface area contributed by atoms with Gasteiger partial charge in [-0.15, -0.1) is 0 Å². The summed E-state index contributed by atoms with van der Waals surface area (Å²) in [6, 6.07) is 5.10. The van der Waals surface area contributed by atoms with Crippen molar-refractivity contribution in [2.24, 2.45) is 5.92 Å². The molecule has 1 aliphatic rings. The van der Waals surface area contributed by atoms with E-state index in [0.29, 0.717) is 24.2 Å². The lowest BCUT2D eigenvalue weighted by molar-refractivity contribution is -0.141. The van der Waals surface area contributed by atoms with Crippen LogP contribution in [-0.2, 0) is 14.4 Å². The van der Waals surface area contributed by atoms with Crippen LogP contribution >= 0.6 is 0 Å². The maximum atomic E-state index is 11.9. The number of aryl methyl sites for hydroxylation is 1. The first-order chi connectivity index (χ1) is 10.5. The molecule has 2 rings (SSSR count). The molecule has 0 radical (unpaired) electrons. The topological polar surface area (TPSA) is 113 Å². The molecule has 118 valence electrons. The molecule has 0 aliphatic carbocycles. The van der Waals surface area contributed by atoms with Gasteiger partial charge in [0.15, 0.2) is 0 Å². The van der Waals surface area contributed by atoms with Gasteiger partial charge in [-0.2, -0.15) is 0 Å². The van der Waals surface area contributed by atoms with Crippen molar-refractivity contribution >= 4 is 29.1 Å². The highest BCUT2D eigenvalue weighted by atomic mass is 16.2. The summed E-state index contributed by atoms with van der Waals surface area (Å²) in [4.78, 5) is 35.6. The average molecular weight is 304 g/mol. The number of nitrogens with two attached hydrogens (primary N) is 1. The third kappa shape index (κ3) is 4.05. The van der Waals surface area contributed by atoms with Gasteiger partial charge in [0, 0.05) is 5.92 Å². The van der Waals surface area contributed by atoms with Crippen LogP contribution < -0.4 is 21.7 Å². The van der Waals surface area contributed by atoms with E-state index >= 15 is 0 Å². The lowest BCUT2D eigenvalue weighted by atomic mass is 9.97. The quantitative estimate of drug-likeness (QED) is 0.459. The van der Waals surface area contributed by atoms with Gasteiger partial charge < -0.3 is 16.4 Å². The Bertz CT molecular complexity index is 594. The van der Waals surface area contributed by atoms with Gasteiger partial charge in [-0.25, -0.2) is 0 Å². The Balaban J connectivity index is 1.93. The number of carbonyl (C=O) groups excluding carboxylic acids is 3. The highest BCUT2D eigenvalue weighted by Gasteiger charge is 2.25. The van der Waals surface area contributed by atoms with Gasteiger partial charge >= 0.3 is 11.8 Å². The smallest absolute Gasteiger partial charge is 0.316 e. The largest absolute Gasteiger partial charge is 0.397 e. The summed E-state index contributed by atoms with van der Waals surface area (Å²) in [7, 11) is 0. The molecule has 1 fully saturated rings. The standard InChI is InChI=1S/C15H20N4O3/c1-9-2-3-11(16)12(8-9)18-14(21)15(22)19-13(20)10-4-6-17-7-5-10/h2-3,8,10,17H,4-7,16H2,1H3,(H,18,21)(H,19,20,22). The molecule has 0 atom stereocenters. The fourth-order valence-electron chi connectivity index (χ4n) is 2.31. The number of rotatable bonds is 2. The monoisotopic (exact) mass is 304 g/mol. The molecule has 7 nitrogen and oxygen atoms in total. The fraction of sp³-hybridized carbons (Fsp3) is 0.400. The molecule has 7 heteroatoms. The van der Waals surface area contributed by atoms with Gasteiger partial charge in [0.2, 0.25) is 5.91 Å². The Kier molecular flexibility index (Phi) is 5.11. The summed E-state index contributed by atoms with van der Waals surface area (Å²) in [5.74, 6) is -2.51. The van der Waals surface area contributed by atoms with Crippen molar-refractivity contribution in [2.45, 2.75) is 19.8 Å². The van der Waals surface area contributed by atoms with Crippen LogP contribution in [0.5, 0.6) is 0 Å². The van der Waals surface area contributed by atoms with Crippen molar-refractivity contribution in [3.05, 3.63) is 23.8 Å². The number of hydrogen-bond donors (Lipinski definition) is 4. The number of benzene rings is 1. The minimum Gasteiger partial charge on any atom is -0.397 e. The number of carbonyl (C=O) groups is 3. The molecule has 1 saturated heterocycles. The summed E-state index contributed by atoms with van der Waals surface area (Å²) in [5.41, 5.74) is 7.35. The van der Waals surface area contributed by atoms with E-state index in [2.05, 4.69) is 16.0 Å². The second kappa shape index (κ2) is 7.04. The molecule has 5 N–H and O–H groups in total. The van der Waals surface area contributed by atoms with Crippen molar-refractivity contribution in [2.75, 3.05) is 24.1 Å². The fourth-order valence-corrected chi connectivity index (χ4v) is 2.31. The van der Waals surface area contributed by atoms with E-state index in [1.165, 1.54) is 0 Å². The maximum Gasteiger partial charge on any atom is 0.316 e. The summed E-state index contributed by atoms with van der Waals surface area (Å²) in [6.45, 7) is 3.31. The van der Waals surface area contributed by atoms with Crippen LogP contribution in [0.1, 0.15) is 18.4 Å². The average Bonchev–Trinajstić information content (AvgIpc) is 2.51. The summed E-state index contributed by atoms with van der Waals surface area (Å²) >= 11 is 0. The van der Waals surface area contributed by atoms with E-state index in [1.807, 2.05) is 6.92 Å². The van der Waals surface area contributed by atoms with Crippen LogP contribution in [0.3, 0.4) is 0 Å². The number of amides is 3. The van der Waals surface area contributed by atoms with Crippen LogP contribution in [0, 0.1) is 12.8 Å². The Morgan fingerprint density at radius 2 is 1.86 bits per heavy atom. The number of imide groups is 1. The molecular weight excluding hydrogens is 284 g/mol. The number of hydrogen-bond acceptors (Lipinski definition) is 5. The zero-order valence-electron chi connectivity index (χ0n) is 12.4. The molecule has 3 amide bonds. The van der Waals surface area contributed by atoms with Gasteiger partial charge in [0.25, 0.3) is 0 Å². The first-order valence-electron chi connectivity index (χ1n) is 7.20. The summed E-state index contributed by atoms with van der Waals surface area (Å²) in [6.07, 6.45) is 1.32. The highest BCUT2D eigenvalue weighted by molar-refractivity contribution is 6.42. The summed E-state index contributed by atoms with van der Waals surface area (Å²) < 4.78 is 0. The van der Waals surface area contributed by atoms with Crippen LogP contribution in [0.4, 0.5) is 11.4 Å². The van der Waals surface area contributed by atoms with E-state index < -0.39 is 17.7 Å². The van der Waals surface area contributed by atoms with Crippen molar-refractivity contribution in [1.29, 1.82) is 0 Å². The van der Waals surface area contributed by atoms with Gasteiger partial charge in [-0.3, -0.25) is 19.7 Å². The lowest BCUT2D eigenvalue weighted by Crippen LogP contribution is -2.44. The second-order valence-electron chi connectivity index (χ2n) is 5.39. The molecule has 1 aromatic carbocycles. The van der Waals surface area contributed by atoms with Gasteiger partial charge in [0.1, 0.15) is 0 Å². The molecule has 0 unspecified atom stereocenters. The molecule has 1 aliphatic heterocycles. The van der Waals surface area contributed by atoms with Crippen LogP contribution in [0.15, 0.2) is 18.2 Å². The first kappa shape index (κ1) is 16.0. The zero-order chi connectivity index (χ0) is 16.1. The van der Waals surface area contributed by atoms with Crippen LogP contribution in [0.2, 0.25) is 0 Å². The van der Waals surface area contributed by atoms with Crippen molar-refractivity contribution in [3.63, 3.8) is 0 Å². The van der Waals surface area contributed by atoms with E-state index in [1.54, 1.807) is 18.2 Å². The number of nitrogen functional groups attached to an aromatic ring is 1. The third-order valence-electron chi connectivity index (χ3n) is 3.61. The van der Waals surface area contributed by atoms with E-state index in [0.717, 1.165) is 18.7 Å². The number of anilines is 2. The molecule has 0 saturated carbocycles. The number of nitrogens with one attached hydrogen (secondary N) is 3. The molecule has 1 heterocycles. The summed E-state index contributed by atoms with van der Waals surface area (Å²) in [5, 5.41) is 7.70. The molecule has 0 bridgehead atoms. The third-order valence-corrected chi connectivity index (χ3v) is 3.61. The second-order valence-corrected chi connectivity index (χ2v) is 5.39. The normalized spacial score (nSPS) is 15.1. The zero-order valence-corrected chi connectivity index (χ0v) is 12.4. The predicted molar refractivity (Wildman–Crippen MR) is 83.0 cm³/mol. The number of piperidine rings is 1. The Hall–Kier alpha value is -2.41. The first-order valence-corrected chi connectivity index (χ1v) is 7.20. The minimum absolute atomic E-state index is 0.234. The van der Waals surface area contributed by atoms with Crippen molar-refractivity contribution < 1.29 is 14.4 Å². The maximum absolute atomic E-state index is 11.9. The van der Waals surface area contributed by atoms with Gasteiger partial charge in [-0.05, 0) is 50.6 Å². The SMILES string of the molecule is Cc1ccc(N)c(NC(=O)C(=O)NC(=O)C2CCNCC2)c1. The molecular formula is C15H20N4O3. The van der Waals surface area contributed by atoms with E-state index in [9.17, 15) is 14.4 Å². The Morgan fingerprint density at radius 1 is 1.18 bits per heavy atom. The van der Waals surface area contributed by atoms with Gasteiger partial charge in [-0.1, -0.05) is 6.07 Å². The van der Waals surface area contributed by atoms with Gasteiger partial charge in [0.05, 0.1) is 11.4 Å². The molecule has 22 heavy (non-hydrogen) atoms. The Labute approximate surface area is 128 Å². The molecule has 0 aromatic heterocycles. The van der Waals surface area contributed by atoms with Crippen molar-refractivity contribution in [3.8, 4) is 0 Å². The van der Waals surface area contributed by atoms with E-state index in [4.69, 9.17) is 5.73 Å². The lowest BCUT2D eigenvalue weighted by Gasteiger charge is -2.21. The van der Waals surface area contributed by atoms with Crippen LogP contribution in [0.25, 0.3) is 0 Å². The molecule has 0 spiro atoms. The predicted octanol–water partition coefficient (Wildman–Crippen LogP) is 0.158. The van der Waals surface area contributed by atoms with Crippen molar-refractivity contribution in [1.82, 2.24) is 10.6 Å². The minimum atomic E-state index is -0.968. The van der Waals surface area contributed by atoms with Crippen LogP contribution in [-0.4, -0.2) is 30.8 Å². The molecule has 1 aromatic rings. The highest BCUT2D eigenvalue weighted by Crippen LogP contribution is 2.19. The van der Waals surface area contributed by atoms with E-state index in [-0.39, 0.29) is 5.92 Å².